The maximum Gasteiger partial charge on any atom is 0.261 e. The van der Waals surface area contributed by atoms with Crippen molar-refractivity contribution in [2.75, 3.05) is 39.6 Å². The first-order valence-corrected chi connectivity index (χ1v) is 8.01. The standard InChI is InChI=1S/C15H24N2O3S/c1-5-17(6-2)9-10-21-16-15(18)12-7-8-13(19-3)14(11-12)20-4/h7-8,11H,5-6,9-10H2,1-4H3,(H,16,18). The van der Waals surface area contributed by atoms with E-state index in [1.54, 1.807) is 32.4 Å². The van der Waals surface area contributed by atoms with E-state index in [0.29, 0.717) is 17.1 Å². The van der Waals surface area contributed by atoms with Gasteiger partial charge < -0.3 is 14.4 Å². The van der Waals surface area contributed by atoms with E-state index in [1.165, 1.54) is 11.9 Å². The summed E-state index contributed by atoms with van der Waals surface area (Å²) in [6.45, 7) is 7.29. The monoisotopic (exact) mass is 312 g/mol. The van der Waals surface area contributed by atoms with Crippen LogP contribution >= 0.6 is 11.9 Å². The number of amides is 1. The molecule has 0 aromatic heterocycles. The average Bonchev–Trinajstić information content (AvgIpc) is 2.54. The second-order valence-corrected chi connectivity index (χ2v) is 5.28. The molecule has 0 bridgehead atoms. The number of hydrogen-bond acceptors (Lipinski definition) is 5. The molecule has 5 nitrogen and oxygen atoms in total. The molecule has 0 fully saturated rings. The van der Waals surface area contributed by atoms with Gasteiger partial charge in [-0.15, -0.1) is 0 Å². The van der Waals surface area contributed by atoms with Gasteiger partial charge in [0.1, 0.15) is 0 Å². The molecule has 0 aliphatic heterocycles. The SMILES string of the molecule is CCN(CC)CCSNC(=O)c1ccc(OC)c(OC)c1. The van der Waals surface area contributed by atoms with Crippen LogP contribution < -0.4 is 14.2 Å². The lowest BCUT2D eigenvalue weighted by atomic mass is 10.2. The Balaban J connectivity index is 2.49. The summed E-state index contributed by atoms with van der Waals surface area (Å²) in [4.78, 5) is 14.4. The summed E-state index contributed by atoms with van der Waals surface area (Å²) in [5.74, 6) is 1.91. The molecule has 1 aromatic rings. The van der Waals surface area contributed by atoms with Crippen LogP contribution in [0.25, 0.3) is 0 Å². The Hall–Kier alpha value is -1.40. The zero-order valence-electron chi connectivity index (χ0n) is 13.1. The molecule has 118 valence electrons. The molecule has 0 unspecified atom stereocenters. The highest BCUT2D eigenvalue weighted by Crippen LogP contribution is 2.27. The topological polar surface area (TPSA) is 50.8 Å². The second kappa shape index (κ2) is 9.52. The number of ether oxygens (including phenoxy) is 2. The molecule has 0 aliphatic rings. The van der Waals surface area contributed by atoms with Crippen molar-refractivity contribution in [3.8, 4) is 11.5 Å². The number of carbonyl (C=O) groups is 1. The summed E-state index contributed by atoms with van der Waals surface area (Å²) in [6.07, 6.45) is 0. The minimum Gasteiger partial charge on any atom is -0.493 e. The van der Waals surface area contributed by atoms with E-state index < -0.39 is 0 Å². The molecular formula is C15H24N2O3S. The van der Waals surface area contributed by atoms with Gasteiger partial charge in [0, 0.05) is 17.9 Å². The van der Waals surface area contributed by atoms with Crippen LogP contribution in [-0.2, 0) is 0 Å². The van der Waals surface area contributed by atoms with Crippen molar-refractivity contribution in [2.45, 2.75) is 13.8 Å². The number of hydrogen-bond donors (Lipinski definition) is 1. The van der Waals surface area contributed by atoms with Crippen LogP contribution in [0.2, 0.25) is 0 Å². The van der Waals surface area contributed by atoms with Gasteiger partial charge in [-0.1, -0.05) is 13.8 Å². The first kappa shape index (κ1) is 17.7. The zero-order valence-corrected chi connectivity index (χ0v) is 14.0. The molecule has 1 amide bonds. The quantitative estimate of drug-likeness (QED) is 0.560. The lowest BCUT2D eigenvalue weighted by Gasteiger charge is -2.17. The summed E-state index contributed by atoms with van der Waals surface area (Å²) in [7, 11) is 3.12. The van der Waals surface area contributed by atoms with Gasteiger partial charge >= 0.3 is 0 Å². The highest BCUT2D eigenvalue weighted by Gasteiger charge is 2.10. The van der Waals surface area contributed by atoms with Crippen molar-refractivity contribution >= 4 is 17.9 Å². The van der Waals surface area contributed by atoms with Gasteiger partial charge in [0.05, 0.1) is 14.2 Å². The smallest absolute Gasteiger partial charge is 0.261 e. The fraction of sp³-hybridized carbons (Fsp3) is 0.533. The third-order valence-corrected chi connectivity index (χ3v) is 3.93. The predicted octanol–water partition coefficient (Wildman–Crippen LogP) is 2.42. The number of carbonyl (C=O) groups excluding carboxylic acids is 1. The van der Waals surface area contributed by atoms with Gasteiger partial charge in [0.25, 0.3) is 5.91 Å². The number of nitrogens with zero attached hydrogens (tertiary/aromatic N) is 1. The zero-order chi connectivity index (χ0) is 15.7. The number of methoxy groups -OCH3 is 2. The van der Waals surface area contributed by atoms with Crippen LogP contribution in [0.4, 0.5) is 0 Å². The lowest BCUT2D eigenvalue weighted by molar-refractivity contribution is 0.0984. The number of nitrogens with one attached hydrogen (secondary N) is 1. The minimum absolute atomic E-state index is 0.125. The van der Waals surface area contributed by atoms with E-state index in [0.717, 1.165) is 25.4 Å². The fourth-order valence-electron chi connectivity index (χ4n) is 1.87. The Bertz CT molecular complexity index is 451. The largest absolute Gasteiger partial charge is 0.493 e. The molecule has 0 aliphatic carbocycles. The first-order chi connectivity index (χ1) is 10.2. The van der Waals surface area contributed by atoms with Crippen LogP contribution in [-0.4, -0.2) is 50.4 Å². The summed E-state index contributed by atoms with van der Waals surface area (Å²) in [6, 6.07) is 5.13. The molecule has 0 atom stereocenters. The van der Waals surface area contributed by atoms with Crippen LogP contribution in [0.1, 0.15) is 24.2 Å². The Labute approximate surface area is 131 Å². The van der Waals surface area contributed by atoms with Gasteiger partial charge in [-0.05, 0) is 43.2 Å². The second-order valence-electron chi connectivity index (χ2n) is 4.38. The fourth-order valence-corrected chi connectivity index (χ4v) is 2.57. The van der Waals surface area contributed by atoms with Gasteiger partial charge in [-0.25, -0.2) is 0 Å². The van der Waals surface area contributed by atoms with Crippen LogP contribution in [0.5, 0.6) is 11.5 Å². The van der Waals surface area contributed by atoms with E-state index in [4.69, 9.17) is 9.47 Å². The third kappa shape index (κ3) is 5.47. The highest BCUT2D eigenvalue weighted by molar-refractivity contribution is 7.97. The molecule has 0 saturated carbocycles. The molecule has 1 N–H and O–H groups in total. The van der Waals surface area contributed by atoms with Crippen LogP contribution in [0.3, 0.4) is 0 Å². The molecule has 0 radical (unpaired) electrons. The summed E-state index contributed by atoms with van der Waals surface area (Å²) in [5.41, 5.74) is 0.558. The van der Waals surface area contributed by atoms with Crippen molar-refractivity contribution in [1.82, 2.24) is 9.62 Å². The molecule has 1 rings (SSSR count). The van der Waals surface area contributed by atoms with Crippen molar-refractivity contribution < 1.29 is 14.3 Å². The van der Waals surface area contributed by atoms with E-state index in [2.05, 4.69) is 23.5 Å². The Kier molecular flexibility index (Phi) is 8.00. The van der Waals surface area contributed by atoms with E-state index in [-0.39, 0.29) is 5.91 Å². The predicted molar refractivity (Wildman–Crippen MR) is 87.3 cm³/mol. The number of benzene rings is 1. The van der Waals surface area contributed by atoms with E-state index in [9.17, 15) is 4.79 Å². The first-order valence-electron chi connectivity index (χ1n) is 7.02. The maximum absolute atomic E-state index is 12.1. The van der Waals surface area contributed by atoms with Gasteiger partial charge in [0.2, 0.25) is 0 Å². The molecule has 21 heavy (non-hydrogen) atoms. The minimum atomic E-state index is -0.125. The van der Waals surface area contributed by atoms with Gasteiger partial charge in [-0.2, -0.15) is 0 Å². The lowest BCUT2D eigenvalue weighted by Crippen LogP contribution is -2.27. The van der Waals surface area contributed by atoms with E-state index >= 15 is 0 Å². The maximum atomic E-state index is 12.1. The highest BCUT2D eigenvalue weighted by atomic mass is 32.2. The molecular weight excluding hydrogens is 288 g/mol. The van der Waals surface area contributed by atoms with Crippen LogP contribution in [0, 0.1) is 0 Å². The van der Waals surface area contributed by atoms with Gasteiger partial charge in [-0.3, -0.25) is 9.52 Å². The number of rotatable bonds is 9. The summed E-state index contributed by atoms with van der Waals surface area (Å²) >= 11 is 1.43. The average molecular weight is 312 g/mol. The Morgan fingerprint density at radius 1 is 1.19 bits per heavy atom. The van der Waals surface area contributed by atoms with Gasteiger partial charge in [0.15, 0.2) is 11.5 Å². The van der Waals surface area contributed by atoms with Crippen molar-refractivity contribution in [3.05, 3.63) is 23.8 Å². The Morgan fingerprint density at radius 3 is 2.43 bits per heavy atom. The molecule has 0 saturated heterocycles. The third-order valence-electron chi connectivity index (χ3n) is 3.21. The summed E-state index contributed by atoms with van der Waals surface area (Å²) in [5, 5.41) is 0. The normalized spacial score (nSPS) is 10.5. The molecule has 1 aromatic carbocycles. The molecule has 0 heterocycles. The van der Waals surface area contributed by atoms with Crippen LogP contribution in [0.15, 0.2) is 18.2 Å². The Morgan fingerprint density at radius 2 is 1.86 bits per heavy atom. The summed E-state index contributed by atoms with van der Waals surface area (Å²) < 4.78 is 13.2. The molecule has 6 heteroatoms. The van der Waals surface area contributed by atoms with E-state index in [1.807, 2.05) is 0 Å². The molecule has 0 spiro atoms. The van der Waals surface area contributed by atoms with Crippen molar-refractivity contribution in [2.24, 2.45) is 0 Å². The van der Waals surface area contributed by atoms with Crippen molar-refractivity contribution in [1.29, 1.82) is 0 Å². The van der Waals surface area contributed by atoms with Crippen molar-refractivity contribution in [3.63, 3.8) is 0 Å².